The fraction of sp³-hybridized carbons (Fsp3) is 0.545. The first-order chi connectivity index (χ1) is 9.36. The molecule has 0 aliphatic heterocycles. The van der Waals surface area contributed by atoms with Gasteiger partial charge in [-0.3, -0.25) is 4.79 Å². The molecular weight excluding hydrogens is 275 g/mol. The Labute approximate surface area is 114 Å². The van der Waals surface area contributed by atoms with Gasteiger partial charge in [0.2, 0.25) is 11.7 Å². The lowest BCUT2D eigenvalue weighted by molar-refractivity contribution is -0.144. The largest absolute Gasteiger partial charge is 0.451 e. The highest BCUT2D eigenvalue weighted by Gasteiger charge is 2.35. The standard InChI is InChI=1S/C11H16F3N5O/c1-3-4-16-9(20)6-17-8-5-7(15-2)18-10(19-8)11(12,13)14/h5H,3-4,6H2,1-2H3,(H,16,20)(H2,15,17,18,19). The minimum atomic E-state index is -4.65. The lowest BCUT2D eigenvalue weighted by atomic mass is 10.4. The van der Waals surface area contributed by atoms with Crippen molar-refractivity contribution < 1.29 is 18.0 Å². The van der Waals surface area contributed by atoms with E-state index in [1.165, 1.54) is 13.1 Å². The summed E-state index contributed by atoms with van der Waals surface area (Å²) in [6.07, 6.45) is -3.87. The number of carbonyl (C=O) groups is 1. The monoisotopic (exact) mass is 291 g/mol. The summed E-state index contributed by atoms with van der Waals surface area (Å²) in [5.41, 5.74) is 0. The van der Waals surface area contributed by atoms with Crippen LogP contribution in [0.3, 0.4) is 0 Å². The smallest absolute Gasteiger partial charge is 0.373 e. The minimum Gasteiger partial charge on any atom is -0.373 e. The molecule has 6 nitrogen and oxygen atoms in total. The first kappa shape index (κ1) is 16.0. The van der Waals surface area contributed by atoms with Gasteiger partial charge in [0.1, 0.15) is 11.6 Å². The van der Waals surface area contributed by atoms with Gasteiger partial charge in [0.05, 0.1) is 6.54 Å². The zero-order valence-corrected chi connectivity index (χ0v) is 11.1. The molecule has 1 aromatic rings. The third-order valence-electron chi connectivity index (χ3n) is 2.24. The highest BCUT2D eigenvalue weighted by Crippen LogP contribution is 2.28. The molecule has 112 valence electrons. The van der Waals surface area contributed by atoms with Gasteiger partial charge in [0.25, 0.3) is 0 Å². The summed E-state index contributed by atoms with van der Waals surface area (Å²) in [6, 6.07) is 1.29. The average Bonchev–Trinajstić information content (AvgIpc) is 2.41. The van der Waals surface area contributed by atoms with Gasteiger partial charge in [-0.1, -0.05) is 6.92 Å². The van der Waals surface area contributed by atoms with E-state index < -0.39 is 12.0 Å². The van der Waals surface area contributed by atoms with Crippen molar-refractivity contribution in [3.05, 3.63) is 11.9 Å². The second kappa shape index (κ2) is 6.92. The van der Waals surface area contributed by atoms with Crippen LogP contribution in [-0.4, -0.2) is 36.0 Å². The van der Waals surface area contributed by atoms with Crippen LogP contribution in [0.5, 0.6) is 0 Å². The van der Waals surface area contributed by atoms with Crippen LogP contribution in [-0.2, 0) is 11.0 Å². The molecule has 1 aromatic heterocycles. The molecule has 9 heteroatoms. The van der Waals surface area contributed by atoms with Crippen LogP contribution >= 0.6 is 0 Å². The Morgan fingerprint density at radius 1 is 1.30 bits per heavy atom. The lowest BCUT2D eigenvalue weighted by Gasteiger charge is -2.11. The number of nitrogens with zero attached hydrogens (tertiary/aromatic N) is 2. The normalized spacial score (nSPS) is 11.1. The highest BCUT2D eigenvalue weighted by atomic mass is 19.4. The molecule has 1 amide bonds. The van der Waals surface area contributed by atoms with E-state index in [4.69, 9.17) is 0 Å². The highest BCUT2D eigenvalue weighted by molar-refractivity contribution is 5.80. The first-order valence-electron chi connectivity index (χ1n) is 6.01. The van der Waals surface area contributed by atoms with Crippen molar-refractivity contribution in [1.29, 1.82) is 0 Å². The van der Waals surface area contributed by atoms with Gasteiger partial charge in [0.15, 0.2) is 0 Å². The third-order valence-corrected chi connectivity index (χ3v) is 2.24. The van der Waals surface area contributed by atoms with Gasteiger partial charge in [-0.25, -0.2) is 9.97 Å². The van der Waals surface area contributed by atoms with Crippen molar-refractivity contribution >= 4 is 17.5 Å². The van der Waals surface area contributed by atoms with E-state index in [0.717, 1.165) is 6.42 Å². The molecule has 1 heterocycles. The van der Waals surface area contributed by atoms with Crippen molar-refractivity contribution in [3.8, 4) is 0 Å². The Morgan fingerprint density at radius 2 is 1.95 bits per heavy atom. The number of hydrogen-bond donors (Lipinski definition) is 3. The molecule has 0 aromatic carbocycles. The zero-order chi connectivity index (χ0) is 15.2. The molecule has 0 saturated carbocycles. The van der Waals surface area contributed by atoms with E-state index in [1.807, 2.05) is 6.92 Å². The van der Waals surface area contributed by atoms with Crippen molar-refractivity contribution in [1.82, 2.24) is 15.3 Å². The fourth-order valence-corrected chi connectivity index (χ4v) is 1.29. The SMILES string of the molecule is CCCNC(=O)CNc1cc(NC)nc(C(F)(F)F)n1. The van der Waals surface area contributed by atoms with Crippen LogP contribution in [0.15, 0.2) is 6.07 Å². The van der Waals surface area contributed by atoms with Gasteiger partial charge in [0, 0.05) is 19.7 Å². The van der Waals surface area contributed by atoms with Gasteiger partial charge in [-0.05, 0) is 6.42 Å². The third kappa shape index (κ3) is 4.90. The first-order valence-corrected chi connectivity index (χ1v) is 6.01. The van der Waals surface area contributed by atoms with E-state index >= 15 is 0 Å². The number of alkyl halides is 3. The van der Waals surface area contributed by atoms with Crippen LogP contribution in [0.4, 0.5) is 24.8 Å². The summed E-state index contributed by atoms with van der Waals surface area (Å²) in [6.45, 7) is 2.25. The van der Waals surface area contributed by atoms with Crippen molar-refractivity contribution in [2.24, 2.45) is 0 Å². The molecule has 0 saturated heterocycles. The van der Waals surface area contributed by atoms with Gasteiger partial charge < -0.3 is 16.0 Å². The van der Waals surface area contributed by atoms with Gasteiger partial charge >= 0.3 is 6.18 Å². The van der Waals surface area contributed by atoms with Gasteiger partial charge in [-0.2, -0.15) is 13.2 Å². The van der Waals surface area contributed by atoms with E-state index in [9.17, 15) is 18.0 Å². The molecule has 0 radical (unpaired) electrons. The van der Waals surface area contributed by atoms with Crippen LogP contribution < -0.4 is 16.0 Å². The number of halogens is 3. The Balaban J connectivity index is 2.77. The predicted octanol–water partition coefficient (Wildman–Crippen LogP) is 1.48. The van der Waals surface area contributed by atoms with Crippen molar-refractivity contribution in [2.45, 2.75) is 19.5 Å². The molecule has 0 spiro atoms. The number of anilines is 2. The maximum Gasteiger partial charge on any atom is 0.451 e. The summed E-state index contributed by atoms with van der Waals surface area (Å²) >= 11 is 0. The van der Waals surface area contributed by atoms with E-state index in [-0.39, 0.29) is 24.1 Å². The minimum absolute atomic E-state index is 0.0174. The summed E-state index contributed by atoms with van der Waals surface area (Å²) in [7, 11) is 1.44. The molecule has 0 unspecified atom stereocenters. The van der Waals surface area contributed by atoms with Crippen LogP contribution in [0, 0.1) is 0 Å². The number of hydrogen-bond acceptors (Lipinski definition) is 5. The average molecular weight is 291 g/mol. The Kier molecular flexibility index (Phi) is 5.53. The second-order valence-corrected chi connectivity index (χ2v) is 3.91. The molecule has 0 atom stereocenters. The number of aromatic nitrogens is 2. The number of carbonyl (C=O) groups excluding carboxylic acids is 1. The van der Waals surface area contributed by atoms with E-state index in [2.05, 4.69) is 25.9 Å². The Hall–Kier alpha value is -2.06. The maximum atomic E-state index is 12.6. The predicted molar refractivity (Wildman–Crippen MR) is 68.4 cm³/mol. The maximum absolute atomic E-state index is 12.6. The topological polar surface area (TPSA) is 78.9 Å². The van der Waals surface area contributed by atoms with E-state index in [1.54, 1.807) is 0 Å². The van der Waals surface area contributed by atoms with Crippen LogP contribution in [0.2, 0.25) is 0 Å². The molecule has 3 N–H and O–H groups in total. The summed E-state index contributed by atoms with van der Waals surface area (Å²) < 4.78 is 37.8. The molecular formula is C11H16F3N5O. The Morgan fingerprint density at radius 3 is 2.50 bits per heavy atom. The summed E-state index contributed by atoms with van der Waals surface area (Å²) in [5.74, 6) is -1.63. The lowest BCUT2D eigenvalue weighted by Crippen LogP contribution is -2.30. The molecule has 1 rings (SSSR count). The van der Waals surface area contributed by atoms with Gasteiger partial charge in [-0.15, -0.1) is 0 Å². The molecule has 0 aliphatic carbocycles. The molecule has 0 bridgehead atoms. The number of amides is 1. The fourth-order valence-electron chi connectivity index (χ4n) is 1.29. The van der Waals surface area contributed by atoms with Crippen molar-refractivity contribution in [3.63, 3.8) is 0 Å². The summed E-state index contributed by atoms with van der Waals surface area (Å²) in [5, 5.41) is 7.64. The molecule has 0 fully saturated rings. The van der Waals surface area contributed by atoms with Crippen LogP contribution in [0.25, 0.3) is 0 Å². The van der Waals surface area contributed by atoms with Crippen LogP contribution in [0.1, 0.15) is 19.2 Å². The zero-order valence-electron chi connectivity index (χ0n) is 11.1. The van der Waals surface area contributed by atoms with E-state index in [0.29, 0.717) is 6.54 Å². The van der Waals surface area contributed by atoms with Crippen molar-refractivity contribution in [2.75, 3.05) is 30.8 Å². The number of nitrogens with one attached hydrogen (secondary N) is 3. The number of rotatable bonds is 6. The molecule has 0 aliphatic rings. The molecule has 20 heavy (non-hydrogen) atoms. The quantitative estimate of drug-likeness (QED) is 0.740. The second-order valence-electron chi connectivity index (χ2n) is 3.91. The Bertz CT molecular complexity index is 464. The summed E-state index contributed by atoms with van der Waals surface area (Å²) in [4.78, 5) is 18.0.